The number of aromatic nitrogens is 3. The number of benzene rings is 1. The zero-order valence-electron chi connectivity index (χ0n) is 12.5. The Bertz CT molecular complexity index is 748. The van der Waals surface area contributed by atoms with Gasteiger partial charge >= 0.3 is 0 Å². The molecule has 4 rings (SSSR count). The summed E-state index contributed by atoms with van der Waals surface area (Å²) in [5, 5.41) is 11.0. The molecule has 1 fully saturated rings. The molecule has 22 heavy (non-hydrogen) atoms. The normalized spacial score (nSPS) is 18.0. The second-order valence-electron chi connectivity index (χ2n) is 5.62. The smallest absolute Gasteiger partial charge is 0.227 e. The highest BCUT2D eigenvalue weighted by molar-refractivity contribution is 7.10. The molecule has 5 heteroatoms. The Morgan fingerprint density at radius 1 is 1.09 bits per heavy atom. The zero-order valence-corrected chi connectivity index (χ0v) is 13.3. The fraction of sp³-hybridized carbons (Fsp3) is 0.294. The Balaban J connectivity index is 1.70. The molecule has 1 saturated heterocycles. The van der Waals surface area contributed by atoms with Gasteiger partial charge in [0.1, 0.15) is 0 Å². The van der Waals surface area contributed by atoms with Crippen LogP contribution in [0.3, 0.4) is 0 Å². The summed E-state index contributed by atoms with van der Waals surface area (Å²) in [6.07, 6.45) is 2.39. The Labute approximate surface area is 134 Å². The number of hydrogen-bond donors (Lipinski definition) is 0. The van der Waals surface area contributed by atoms with Crippen molar-refractivity contribution in [3.8, 4) is 11.4 Å². The number of nitrogens with zero attached hydrogens (tertiary/aromatic N) is 4. The Hall–Kier alpha value is -2.14. The molecule has 0 amide bonds. The van der Waals surface area contributed by atoms with Crippen LogP contribution in [-0.2, 0) is 7.05 Å². The molecule has 2 aromatic heterocycles. The van der Waals surface area contributed by atoms with Gasteiger partial charge in [0.15, 0.2) is 5.82 Å². The molecular formula is C17H18N4S. The molecule has 3 aromatic rings. The third kappa shape index (κ3) is 2.22. The predicted molar refractivity (Wildman–Crippen MR) is 90.1 cm³/mol. The predicted octanol–water partition coefficient (Wildman–Crippen LogP) is 3.89. The molecule has 3 heterocycles. The van der Waals surface area contributed by atoms with E-state index in [0.29, 0.717) is 6.04 Å². The van der Waals surface area contributed by atoms with Crippen LogP contribution in [0, 0.1) is 0 Å². The number of rotatable bonds is 3. The van der Waals surface area contributed by atoms with Crippen LogP contribution in [0.25, 0.3) is 11.4 Å². The van der Waals surface area contributed by atoms with Gasteiger partial charge in [-0.1, -0.05) is 36.4 Å². The second-order valence-corrected chi connectivity index (χ2v) is 6.59. The maximum absolute atomic E-state index is 4.48. The number of hydrogen-bond acceptors (Lipinski definition) is 4. The molecular weight excluding hydrogens is 292 g/mol. The highest BCUT2D eigenvalue weighted by Crippen LogP contribution is 2.37. The minimum atomic E-state index is 0.437. The van der Waals surface area contributed by atoms with Crippen molar-refractivity contribution in [3.63, 3.8) is 0 Å². The molecule has 1 aliphatic rings. The summed E-state index contributed by atoms with van der Waals surface area (Å²) in [6, 6.07) is 15.0. The average molecular weight is 310 g/mol. The molecule has 0 aliphatic carbocycles. The van der Waals surface area contributed by atoms with Crippen molar-refractivity contribution in [2.24, 2.45) is 7.05 Å². The maximum atomic E-state index is 4.48. The minimum Gasteiger partial charge on any atom is -0.333 e. The number of anilines is 1. The fourth-order valence-corrected chi connectivity index (χ4v) is 4.07. The quantitative estimate of drug-likeness (QED) is 0.736. The molecule has 0 bridgehead atoms. The van der Waals surface area contributed by atoms with Crippen molar-refractivity contribution >= 4 is 17.3 Å². The SMILES string of the molecule is Cn1c(-c2ccccc2)nnc1N1CCC[C@@H]1c1cccs1. The molecule has 4 nitrogen and oxygen atoms in total. The lowest BCUT2D eigenvalue weighted by Crippen LogP contribution is -2.25. The van der Waals surface area contributed by atoms with E-state index in [1.807, 2.05) is 29.5 Å². The average Bonchev–Trinajstić information content (AvgIpc) is 3.27. The third-order valence-electron chi connectivity index (χ3n) is 4.27. The highest BCUT2D eigenvalue weighted by atomic mass is 32.1. The van der Waals surface area contributed by atoms with E-state index in [1.165, 1.54) is 17.7 Å². The lowest BCUT2D eigenvalue weighted by atomic mass is 10.2. The van der Waals surface area contributed by atoms with Gasteiger partial charge in [-0.05, 0) is 24.3 Å². The molecule has 0 spiro atoms. The highest BCUT2D eigenvalue weighted by Gasteiger charge is 2.30. The summed E-state index contributed by atoms with van der Waals surface area (Å²) < 4.78 is 2.11. The second kappa shape index (κ2) is 5.57. The van der Waals surface area contributed by atoms with Crippen LogP contribution in [0.15, 0.2) is 47.8 Å². The van der Waals surface area contributed by atoms with E-state index in [0.717, 1.165) is 23.9 Å². The van der Waals surface area contributed by atoms with Gasteiger partial charge in [-0.2, -0.15) is 0 Å². The topological polar surface area (TPSA) is 34.0 Å². The van der Waals surface area contributed by atoms with Gasteiger partial charge in [-0.3, -0.25) is 4.57 Å². The van der Waals surface area contributed by atoms with Crippen LogP contribution in [0.2, 0.25) is 0 Å². The van der Waals surface area contributed by atoms with Crippen molar-refractivity contribution in [2.45, 2.75) is 18.9 Å². The van der Waals surface area contributed by atoms with Gasteiger partial charge in [-0.15, -0.1) is 21.5 Å². The van der Waals surface area contributed by atoms with Gasteiger partial charge < -0.3 is 4.90 Å². The van der Waals surface area contributed by atoms with Crippen LogP contribution in [0.4, 0.5) is 5.95 Å². The molecule has 1 aromatic carbocycles. The van der Waals surface area contributed by atoms with Gasteiger partial charge in [0.2, 0.25) is 5.95 Å². The molecule has 112 valence electrons. The van der Waals surface area contributed by atoms with E-state index in [1.54, 1.807) is 0 Å². The van der Waals surface area contributed by atoms with Crippen molar-refractivity contribution in [1.82, 2.24) is 14.8 Å². The first-order chi connectivity index (χ1) is 10.8. The standard InChI is InChI=1S/C17H18N4S/c1-20-16(13-7-3-2-4-8-13)18-19-17(20)21-11-5-9-14(21)15-10-6-12-22-15/h2-4,6-8,10,12,14H,5,9,11H2,1H3/t14-/m1/s1. The Morgan fingerprint density at radius 3 is 2.73 bits per heavy atom. The summed E-state index contributed by atoms with van der Waals surface area (Å²) in [6.45, 7) is 1.04. The van der Waals surface area contributed by atoms with Crippen molar-refractivity contribution in [3.05, 3.63) is 52.7 Å². The summed E-state index contributed by atoms with van der Waals surface area (Å²) in [5.74, 6) is 1.89. The monoisotopic (exact) mass is 310 g/mol. The fourth-order valence-electron chi connectivity index (χ4n) is 3.19. The van der Waals surface area contributed by atoms with Crippen LogP contribution in [0.5, 0.6) is 0 Å². The van der Waals surface area contributed by atoms with Crippen LogP contribution in [0.1, 0.15) is 23.8 Å². The van der Waals surface area contributed by atoms with E-state index in [4.69, 9.17) is 0 Å². The van der Waals surface area contributed by atoms with Crippen molar-refractivity contribution < 1.29 is 0 Å². The molecule has 1 atom stereocenters. The van der Waals surface area contributed by atoms with Gasteiger partial charge in [0, 0.05) is 24.0 Å². The van der Waals surface area contributed by atoms with E-state index >= 15 is 0 Å². The lowest BCUT2D eigenvalue weighted by Gasteiger charge is -2.24. The summed E-state index contributed by atoms with van der Waals surface area (Å²) >= 11 is 1.83. The largest absolute Gasteiger partial charge is 0.333 e. The molecule has 0 N–H and O–H groups in total. The van der Waals surface area contributed by atoms with Crippen molar-refractivity contribution in [1.29, 1.82) is 0 Å². The molecule has 0 unspecified atom stereocenters. The van der Waals surface area contributed by atoms with E-state index in [-0.39, 0.29) is 0 Å². The molecule has 0 radical (unpaired) electrons. The van der Waals surface area contributed by atoms with Crippen LogP contribution in [-0.4, -0.2) is 21.3 Å². The molecule has 0 saturated carbocycles. The van der Waals surface area contributed by atoms with Gasteiger partial charge in [0.25, 0.3) is 0 Å². The van der Waals surface area contributed by atoms with E-state index in [9.17, 15) is 0 Å². The third-order valence-corrected chi connectivity index (χ3v) is 5.24. The first-order valence-corrected chi connectivity index (χ1v) is 8.47. The van der Waals surface area contributed by atoms with Crippen LogP contribution < -0.4 is 4.90 Å². The first kappa shape index (κ1) is 13.5. The summed E-state index contributed by atoms with van der Waals surface area (Å²) in [7, 11) is 2.06. The van der Waals surface area contributed by atoms with E-state index < -0.39 is 0 Å². The van der Waals surface area contributed by atoms with E-state index in [2.05, 4.69) is 56.4 Å². The van der Waals surface area contributed by atoms with Crippen molar-refractivity contribution in [2.75, 3.05) is 11.4 Å². The molecule has 1 aliphatic heterocycles. The number of thiophene rings is 1. The maximum Gasteiger partial charge on any atom is 0.227 e. The zero-order chi connectivity index (χ0) is 14.9. The first-order valence-electron chi connectivity index (χ1n) is 7.59. The van der Waals surface area contributed by atoms with Gasteiger partial charge in [-0.25, -0.2) is 0 Å². The summed E-state index contributed by atoms with van der Waals surface area (Å²) in [4.78, 5) is 3.81. The Kier molecular flexibility index (Phi) is 3.42. The minimum absolute atomic E-state index is 0.437. The lowest BCUT2D eigenvalue weighted by molar-refractivity contribution is 0.697. The van der Waals surface area contributed by atoms with Crippen LogP contribution >= 0.6 is 11.3 Å². The summed E-state index contributed by atoms with van der Waals surface area (Å²) in [5.41, 5.74) is 1.11. The Morgan fingerprint density at radius 2 is 1.95 bits per heavy atom. The van der Waals surface area contributed by atoms with Gasteiger partial charge in [0.05, 0.1) is 6.04 Å².